The van der Waals surface area contributed by atoms with Crippen LogP contribution in [-0.4, -0.2) is 55.0 Å². The van der Waals surface area contributed by atoms with Gasteiger partial charge in [0, 0.05) is 48.1 Å². The van der Waals surface area contributed by atoms with Gasteiger partial charge in [-0.25, -0.2) is 0 Å². The Kier molecular flexibility index (Phi) is 7.24. The molecule has 3 heterocycles. The molecule has 4 nitrogen and oxygen atoms in total. The van der Waals surface area contributed by atoms with Crippen LogP contribution in [-0.2, 0) is 9.53 Å². The fourth-order valence-electron chi connectivity index (χ4n) is 4.20. The van der Waals surface area contributed by atoms with E-state index >= 15 is 0 Å². The molecule has 0 spiro atoms. The molecule has 27 heavy (non-hydrogen) atoms. The van der Waals surface area contributed by atoms with Crippen molar-refractivity contribution >= 4 is 6.29 Å². The molecular formula is C23H36N2O2. The van der Waals surface area contributed by atoms with Crippen LogP contribution in [0.15, 0.2) is 46.3 Å². The lowest BCUT2D eigenvalue weighted by Crippen LogP contribution is -2.47. The van der Waals surface area contributed by atoms with Crippen molar-refractivity contribution in [2.45, 2.75) is 54.5 Å². The van der Waals surface area contributed by atoms with Crippen molar-refractivity contribution in [2.24, 2.45) is 5.41 Å². The normalized spacial score (nSPS) is 27.4. The fraction of sp³-hybridized carbons (Fsp3) is 0.609. The third-order valence-electron chi connectivity index (χ3n) is 6.13. The first kappa shape index (κ1) is 21.6. The van der Waals surface area contributed by atoms with Gasteiger partial charge in [0.1, 0.15) is 6.29 Å². The molecule has 150 valence electrons. The van der Waals surface area contributed by atoms with Crippen LogP contribution in [0, 0.1) is 5.41 Å². The third kappa shape index (κ3) is 4.12. The van der Waals surface area contributed by atoms with Gasteiger partial charge in [-0.05, 0) is 45.4 Å². The Bertz CT molecular complexity index is 680. The van der Waals surface area contributed by atoms with Gasteiger partial charge in [-0.2, -0.15) is 0 Å². The fourth-order valence-corrected chi connectivity index (χ4v) is 4.20. The standard InChI is InChI=1S/C21H30N2O2.C2H6/c1-6-15(2)21(5)12-19-11-18(13-24)16(3)20(23(19)14-21)17(4)22-7-9-25-10-8-22;1-2/h6,11-13,17H,7-10,14H2,1-5H3;1-2H3/b15-6+;. The molecule has 0 aromatic carbocycles. The van der Waals surface area contributed by atoms with Gasteiger partial charge >= 0.3 is 0 Å². The number of carbonyl (C=O) groups excluding carboxylic acids is 1. The topological polar surface area (TPSA) is 32.8 Å². The lowest BCUT2D eigenvalue weighted by atomic mass is 9.84. The minimum atomic E-state index is 0.00910. The molecule has 0 amide bonds. The zero-order chi connectivity index (χ0) is 20.2. The largest absolute Gasteiger partial charge is 0.379 e. The molecule has 0 aromatic heterocycles. The second-order valence-electron chi connectivity index (χ2n) is 7.60. The van der Waals surface area contributed by atoms with E-state index in [1.54, 1.807) is 0 Å². The first-order valence-corrected chi connectivity index (χ1v) is 10.2. The number of nitrogens with zero attached hydrogens (tertiary/aromatic N) is 2. The Hall–Kier alpha value is -1.65. The molecule has 3 rings (SSSR count). The number of carbonyl (C=O) groups is 1. The molecule has 0 aliphatic carbocycles. The second-order valence-corrected chi connectivity index (χ2v) is 7.60. The Balaban J connectivity index is 0.00000126. The molecular weight excluding hydrogens is 336 g/mol. The second kappa shape index (κ2) is 9.03. The highest BCUT2D eigenvalue weighted by Crippen LogP contribution is 2.44. The molecule has 4 heteroatoms. The molecule has 0 radical (unpaired) electrons. The highest BCUT2D eigenvalue weighted by atomic mass is 16.5. The number of fused-ring (bicyclic) bond motifs is 1. The van der Waals surface area contributed by atoms with Crippen LogP contribution >= 0.6 is 0 Å². The van der Waals surface area contributed by atoms with Crippen molar-refractivity contribution < 1.29 is 9.53 Å². The summed E-state index contributed by atoms with van der Waals surface area (Å²) in [4.78, 5) is 16.6. The molecule has 3 aliphatic heterocycles. The van der Waals surface area contributed by atoms with Crippen LogP contribution in [0.4, 0.5) is 0 Å². The summed E-state index contributed by atoms with van der Waals surface area (Å²) in [6, 6.07) is 0.268. The van der Waals surface area contributed by atoms with Crippen molar-refractivity contribution in [1.29, 1.82) is 0 Å². The van der Waals surface area contributed by atoms with E-state index in [9.17, 15) is 4.79 Å². The van der Waals surface area contributed by atoms with Gasteiger partial charge in [0.05, 0.1) is 13.2 Å². The van der Waals surface area contributed by atoms with Crippen LogP contribution in [0.5, 0.6) is 0 Å². The van der Waals surface area contributed by atoms with E-state index in [0.29, 0.717) is 0 Å². The predicted octanol–water partition coefficient (Wildman–Crippen LogP) is 4.32. The monoisotopic (exact) mass is 372 g/mol. The van der Waals surface area contributed by atoms with Gasteiger partial charge in [-0.3, -0.25) is 9.69 Å². The SMILES string of the molecule is C/C=C(\C)C1(C)C=C2C=C(C=O)C(C)=C(C(C)N3CCOCC3)N2C1.CC. The molecule has 0 aromatic rings. The van der Waals surface area contributed by atoms with E-state index in [1.165, 1.54) is 11.3 Å². The van der Waals surface area contributed by atoms with Crippen LogP contribution < -0.4 is 0 Å². The van der Waals surface area contributed by atoms with E-state index in [-0.39, 0.29) is 11.5 Å². The van der Waals surface area contributed by atoms with E-state index in [1.807, 2.05) is 19.9 Å². The highest BCUT2D eigenvalue weighted by Gasteiger charge is 2.40. The quantitative estimate of drug-likeness (QED) is 0.543. The van der Waals surface area contributed by atoms with Crippen molar-refractivity contribution in [2.75, 3.05) is 32.8 Å². The van der Waals surface area contributed by atoms with Gasteiger partial charge in [-0.1, -0.05) is 32.4 Å². The number of morpholine rings is 1. The summed E-state index contributed by atoms with van der Waals surface area (Å²) in [5.74, 6) is 0. The first-order chi connectivity index (χ1) is 12.9. The van der Waals surface area contributed by atoms with Gasteiger partial charge < -0.3 is 9.64 Å². The number of allylic oxidation sites excluding steroid dienone is 4. The Morgan fingerprint density at radius 2 is 1.93 bits per heavy atom. The van der Waals surface area contributed by atoms with E-state index < -0.39 is 0 Å². The number of hydrogen-bond donors (Lipinski definition) is 0. The predicted molar refractivity (Wildman–Crippen MR) is 112 cm³/mol. The number of ether oxygens (including phenoxy) is 1. The minimum Gasteiger partial charge on any atom is -0.379 e. The maximum Gasteiger partial charge on any atom is 0.150 e. The summed E-state index contributed by atoms with van der Waals surface area (Å²) < 4.78 is 5.51. The maximum absolute atomic E-state index is 11.7. The summed E-state index contributed by atoms with van der Waals surface area (Å²) in [5.41, 5.74) is 5.71. The lowest BCUT2D eigenvalue weighted by molar-refractivity contribution is -0.104. The van der Waals surface area contributed by atoms with Crippen molar-refractivity contribution in [3.05, 3.63) is 46.3 Å². The van der Waals surface area contributed by atoms with Gasteiger partial charge in [-0.15, -0.1) is 0 Å². The van der Waals surface area contributed by atoms with Crippen molar-refractivity contribution in [1.82, 2.24) is 9.80 Å². The molecule has 1 fully saturated rings. The summed E-state index contributed by atoms with van der Waals surface area (Å²) in [6.07, 6.45) is 7.57. The maximum atomic E-state index is 11.7. The highest BCUT2D eigenvalue weighted by molar-refractivity contribution is 5.82. The average molecular weight is 373 g/mol. The lowest BCUT2D eigenvalue weighted by Gasteiger charge is -2.41. The van der Waals surface area contributed by atoms with Crippen LogP contribution in [0.3, 0.4) is 0 Å². The van der Waals surface area contributed by atoms with Crippen LogP contribution in [0.2, 0.25) is 0 Å². The van der Waals surface area contributed by atoms with E-state index in [4.69, 9.17) is 4.74 Å². The minimum absolute atomic E-state index is 0.00910. The molecule has 0 N–H and O–H groups in total. The Morgan fingerprint density at radius 3 is 2.48 bits per heavy atom. The van der Waals surface area contributed by atoms with Crippen molar-refractivity contribution in [3.63, 3.8) is 0 Å². The van der Waals surface area contributed by atoms with Crippen LogP contribution in [0.25, 0.3) is 0 Å². The van der Waals surface area contributed by atoms with E-state index in [0.717, 1.165) is 56.0 Å². The molecule has 3 aliphatic rings. The Labute approximate surface area is 165 Å². The molecule has 0 saturated carbocycles. The number of rotatable bonds is 4. The number of aldehydes is 1. The molecule has 0 bridgehead atoms. The van der Waals surface area contributed by atoms with E-state index in [2.05, 4.69) is 56.6 Å². The Morgan fingerprint density at radius 1 is 1.30 bits per heavy atom. The summed E-state index contributed by atoms with van der Waals surface area (Å²) >= 11 is 0. The third-order valence-corrected chi connectivity index (χ3v) is 6.13. The summed E-state index contributed by atoms with van der Waals surface area (Å²) in [6.45, 7) is 19.3. The number of hydrogen-bond acceptors (Lipinski definition) is 4. The summed E-state index contributed by atoms with van der Waals surface area (Å²) in [7, 11) is 0. The zero-order valence-electron chi connectivity index (χ0n) is 18.1. The summed E-state index contributed by atoms with van der Waals surface area (Å²) in [5, 5.41) is 0. The molecule has 2 unspecified atom stereocenters. The first-order valence-electron chi connectivity index (χ1n) is 10.2. The molecule has 1 saturated heterocycles. The van der Waals surface area contributed by atoms with Gasteiger partial charge in [0.25, 0.3) is 0 Å². The molecule has 2 atom stereocenters. The van der Waals surface area contributed by atoms with Gasteiger partial charge in [0.2, 0.25) is 0 Å². The van der Waals surface area contributed by atoms with Gasteiger partial charge in [0.15, 0.2) is 0 Å². The smallest absolute Gasteiger partial charge is 0.150 e. The zero-order valence-corrected chi connectivity index (χ0v) is 18.1. The average Bonchev–Trinajstić information content (AvgIpc) is 3.05. The van der Waals surface area contributed by atoms with Crippen molar-refractivity contribution in [3.8, 4) is 0 Å². The van der Waals surface area contributed by atoms with Crippen LogP contribution in [0.1, 0.15) is 48.5 Å².